The van der Waals surface area contributed by atoms with Crippen LogP contribution in [0.5, 0.6) is 5.75 Å². The zero-order chi connectivity index (χ0) is 18.4. The first-order valence-corrected chi connectivity index (χ1v) is 8.77. The van der Waals surface area contributed by atoms with Crippen molar-refractivity contribution >= 4 is 22.6 Å². The van der Waals surface area contributed by atoms with E-state index in [0.717, 1.165) is 27.9 Å². The molecule has 0 atom stereocenters. The first-order valence-electron chi connectivity index (χ1n) is 8.77. The number of hydrogen-bond acceptors (Lipinski definition) is 3. The van der Waals surface area contributed by atoms with Crippen LogP contribution in [0.1, 0.15) is 12.5 Å². The number of nitrogens with zero attached hydrogens (tertiary/aromatic N) is 2. The van der Waals surface area contributed by atoms with Crippen LogP contribution in [0.25, 0.3) is 10.9 Å². The molecule has 134 valence electrons. The molecule has 3 rings (SSSR count). The first-order chi connectivity index (χ1) is 12.7. The van der Waals surface area contributed by atoms with Crippen molar-refractivity contribution < 1.29 is 9.53 Å². The van der Waals surface area contributed by atoms with Gasteiger partial charge in [0, 0.05) is 23.8 Å². The van der Waals surface area contributed by atoms with Crippen LogP contribution in [0, 0.1) is 6.92 Å². The lowest BCUT2D eigenvalue weighted by atomic mass is 10.2. The zero-order valence-electron chi connectivity index (χ0n) is 15.1. The second-order valence-electron chi connectivity index (χ2n) is 6.02. The van der Waals surface area contributed by atoms with Gasteiger partial charge in [0.05, 0.1) is 12.1 Å². The van der Waals surface area contributed by atoms with E-state index in [1.54, 1.807) is 11.1 Å². The van der Waals surface area contributed by atoms with Crippen molar-refractivity contribution in [2.75, 3.05) is 24.6 Å². The van der Waals surface area contributed by atoms with E-state index in [1.807, 2.05) is 68.4 Å². The Balaban J connectivity index is 1.52. The number of carbonyl (C=O) groups excluding carboxylic acids is 1. The quantitative estimate of drug-likeness (QED) is 0.680. The van der Waals surface area contributed by atoms with E-state index in [9.17, 15) is 4.79 Å². The highest BCUT2D eigenvalue weighted by Crippen LogP contribution is 2.19. The first kappa shape index (κ1) is 17.7. The van der Waals surface area contributed by atoms with Gasteiger partial charge in [-0.1, -0.05) is 18.2 Å². The van der Waals surface area contributed by atoms with Gasteiger partial charge in [0.1, 0.15) is 12.4 Å². The van der Waals surface area contributed by atoms with Crippen molar-refractivity contribution in [1.82, 2.24) is 10.3 Å². The summed E-state index contributed by atoms with van der Waals surface area (Å²) in [6, 6.07) is 17.5. The molecule has 2 aromatic carbocycles. The summed E-state index contributed by atoms with van der Waals surface area (Å²) >= 11 is 0. The summed E-state index contributed by atoms with van der Waals surface area (Å²) in [6.45, 7) is 5.42. The van der Waals surface area contributed by atoms with Crippen molar-refractivity contribution in [3.8, 4) is 5.75 Å². The summed E-state index contributed by atoms with van der Waals surface area (Å²) in [7, 11) is 0. The predicted octanol–water partition coefficient (Wildman–Crippen LogP) is 4.16. The predicted molar refractivity (Wildman–Crippen MR) is 105 cm³/mol. The van der Waals surface area contributed by atoms with Gasteiger partial charge in [-0.25, -0.2) is 4.79 Å². The Kier molecular flexibility index (Phi) is 5.69. The summed E-state index contributed by atoms with van der Waals surface area (Å²) < 4.78 is 5.74. The number of benzene rings is 2. The summed E-state index contributed by atoms with van der Waals surface area (Å²) in [5, 5.41) is 3.94. The van der Waals surface area contributed by atoms with Crippen molar-refractivity contribution in [3.63, 3.8) is 0 Å². The molecular weight excluding hydrogens is 326 g/mol. The molecule has 1 N–H and O–H groups in total. The number of nitrogens with one attached hydrogen (secondary N) is 1. The molecule has 2 amide bonds. The van der Waals surface area contributed by atoms with E-state index in [4.69, 9.17) is 4.74 Å². The maximum Gasteiger partial charge on any atom is 0.321 e. The minimum atomic E-state index is -0.121. The molecule has 0 spiro atoms. The molecule has 0 bridgehead atoms. The maximum atomic E-state index is 12.4. The number of amides is 2. The lowest BCUT2D eigenvalue weighted by Gasteiger charge is -2.22. The fourth-order valence-corrected chi connectivity index (χ4v) is 2.81. The van der Waals surface area contributed by atoms with Crippen LogP contribution < -0.4 is 15.0 Å². The second-order valence-corrected chi connectivity index (χ2v) is 6.02. The fourth-order valence-electron chi connectivity index (χ4n) is 2.81. The minimum Gasteiger partial charge on any atom is -0.492 e. The molecule has 0 fully saturated rings. The zero-order valence-corrected chi connectivity index (χ0v) is 15.1. The van der Waals surface area contributed by atoms with E-state index in [2.05, 4.69) is 10.3 Å². The number of hydrogen-bond donors (Lipinski definition) is 1. The molecule has 0 aliphatic carbocycles. The smallest absolute Gasteiger partial charge is 0.321 e. The third-order valence-electron chi connectivity index (χ3n) is 4.10. The van der Waals surface area contributed by atoms with Crippen LogP contribution in [0.2, 0.25) is 0 Å². The van der Waals surface area contributed by atoms with Gasteiger partial charge in [-0.2, -0.15) is 0 Å². The number of rotatable bonds is 6. The van der Waals surface area contributed by atoms with Gasteiger partial charge in [0.2, 0.25) is 0 Å². The summed E-state index contributed by atoms with van der Waals surface area (Å²) in [5.41, 5.74) is 2.96. The Morgan fingerprint density at radius 2 is 2.04 bits per heavy atom. The molecule has 26 heavy (non-hydrogen) atoms. The Labute approximate surface area is 153 Å². The SMILES string of the molecule is CCN(C(=O)NCCOc1ccc2ncccc2c1)c1cccc(C)c1. The molecule has 0 unspecified atom stereocenters. The van der Waals surface area contributed by atoms with Gasteiger partial charge >= 0.3 is 6.03 Å². The van der Waals surface area contributed by atoms with Crippen molar-refractivity contribution in [1.29, 1.82) is 0 Å². The highest BCUT2D eigenvalue weighted by atomic mass is 16.5. The van der Waals surface area contributed by atoms with E-state index in [1.165, 1.54) is 0 Å². The van der Waals surface area contributed by atoms with Crippen LogP contribution in [-0.4, -0.2) is 30.7 Å². The maximum absolute atomic E-state index is 12.4. The van der Waals surface area contributed by atoms with Crippen molar-refractivity contribution in [2.45, 2.75) is 13.8 Å². The highest BCUT2D eigenvalue weighted by Gasteiger charge is 2.13. The third-order valence-corrected chi connectivity index (χ3v) is 4.10. The molecule has 5 nitrogen and oxygen atoms in total. The average molecular weight is 349 g/mol. The monoisotopic (exact) mass is 349 g/mol. The lowest BCUT2D eigenvalue weighted by Crippen LogP contribution is -2.41. The standard InChI is InChI=1S/C21H23N3O2/c1-3-24(18-8-4-6-16(2)14-18)21(25)23-12-13-26-19-9-10-20-17(15-19)7-5-11-22-20/h4-11,14-15H,3,12-13H2,1-2H3,(H,23,25). The second kappa shape index (κ2) is 8.34. The molecular formula is C21H23N3O2. The van der Waals surface area contributed by atoms with Crippen LogP contribution in [-0.2, 0) is 0 Å². The molecule has 1 heterocycles. The van der Waals surface area contributed by atoms with E-state index >= 15 is 0 Å². The van der Waals surface area contributed by atoms with Gasteiger partial charge in [-0.3, -0.25) is 9.88 Å². The Morgan fingerprint density at radius 3 is 2.85 bits per heavy atom. The van der Waals surface area contributed by atoms with Crippen LogP contribution >= 0.6 is 0 Å². The van der Waals surface area contributed by atoms with Crippen LogP contribution in [0.3, 0.4) is 0 Å². The largest absolute Gasteiger partial charge is 0.492 e. The number of carbonyl (C=O) groups is 1. The van der Waals surface area contributed by atoms with Crippen molar-refractivity contribution in [2.24, 2.45) is 0 Å². The highest BCUT2D eigenvalue weighted by molar-refractivity contribution is 5.91. The van der Waals surface area contributed by atoms with Crippen LogP contribution in [0.4, 0.5) is 10.5 Å². The van der Waals surface area contributed by atoms with Gasteiger partial charge in [0.25, 0.3) is 0 Å². The molecule has 0 radical (unpaired) electrons. The number of aromatic nitrogens is 1. The number of pyridine rings is 1. The van der Waals surface area contributed by atoms with E-state index in [-0.39, 0.29) is 6.03 Å². The Morgan fingerprint density at radius 1 is 1.15 bits per heavy atom. The Bertz CT molecular complexity index is 895. The number of urea groups is 1. The van der Waals surface area contributed by atoms with E-state index < -0.39 is 0 Å². The molecule has 1 aromatic heterocycles. The number of fused-ring (bicyclic) bond motifs is 1. The summed E-state index contributed by atoms with van der Waals surface area (Å²) in [5.74, 6) is 0.769. The summed E-state index contributed by atoms with van der Waals surface area (Å²) in [4.78, 5) is 18.4. The number of ether oxygens (including phenoxy) is 1. The lowest BCUT2D eigenvalue weighted by molar-refractivity contribution is 0.242. The normalized spacial score (nSPS) is 10.5. The molecule has 0 saturated heterocycles. The summed E-state index contributed by atoms with van der Waals surface area (Å²) in [6.07, 6.45) is 1.77. The molecule has 5 heteroatoms. The van der Waals surface area contributed by atoms with Gasteiger partial charge < -0.3 is 10.1 Å². The molecule has 3 aromatic rings. The minimum absolute atomic E-state index is 0.121. The van der Waals surface area contributed by atoms with Gasteiger partial charge in [-0.15, -0.1) is 0 Å². The van der Waals surface area contributed by atoms with Crippen molar-refractivity contribution in [3.05, 3.63) is 66.4 Å². The molecule has 0 aliphatic heterocycles. The average Bonchev–Trinajstić information content (AvgIpc) is 2.66. The van der Waals surface area contributed by atoms with Gasteiger partial charge in [0.15, 0.2) is 0 Å². The van der Waals surface area contributed by atoms with Gasteiger partial charge in [-0.05, 0) is 55.8 Å². The fraction of sp³-hybridized carbons (Fsp3) is 0.238. The molecule has 0 saturated carbocycles. The Hall–Kier alpha value is -3.08. The van der Waals surface area contributed by atoms with E-state index in [0.29, 0.717) is 19.7 Å². The molecule has 0 aliphatic rings. The number of anilines is 1. The number of aryl methyl sites for hydroxylation is 1. The van der Waals surface area contributed by atoms with Crippen LogP contribution in [0.15, 0.2) is 60.8 Å². The topological polar surface area (TPSA) is 54.5 Å². The third kappa shape index (κ3) is 4.30.